The number of benzene rings is 2. The molecule has 4 nitrogen and oxygen atoms in total. The third-order valence-electron chi connectivity index (χ3n) is 4.38. The molecule has 0 aliphatic carbocycles. The predicted molar refractivity (Wildman–Crippen MR) is 98.9 cm³/mol. The summed E-state index contributed by atoms with van der Waals surface area (Å²) >= 11 is 6.01. The van der Waals surface area contributed by atoms with Gasteiger partial charge in [-0.25, -0.2) is 4.39 Å². The second-order valence-corrected chi connectivity index (χ2v) is 6.60. The van der Waals surface area contributed by atoms with Gasteiger partial charge in [-0.2, -0.15) is 5.26 Å². The minimum Gasteiger partial charge on any atom is -0.474 e. The molecule has 26 heavy (non-hydrogen) atoms. The molecule has 0 bridgehead atoms. The Morgan fingerprint density at radius 2 is 1.85 bits per heavy atom. The lowest BCUT2D eigenvalue weighted by Crippen LogP contribution is -2.23. The van der Waals surface area contributed by atoms with Crippen molar-refractivity contribution in [3.8, 4) is 11.8 Å². The molecule has 0 fully saturated rings. The van der Waals surface area contributed by atoms with Crippen LogP contribution in [0, 0.1) is 31.0 Å². The van der Waals surface area contributed by atoms with Gasteiger partial charge < -0.3 is 4.74 Å². The first-order valence-corrected chi connectivity index (χ1v) is 8.32. The second kappa shape index (κ2) is 6.47. The fourth-order valence-electron chi connectivity index (χ4n) is 2.85. The fraction of sp³-hybridized carbons (Fsp3) is 0.200. The molecule has 3 rings (SSSR count). The summed E-state index contributed by atoms with van der Waals surface area (Å²) in [6.45, 7) is 9.35. The van der Waals surface area contributed by atoms with Crippen molar-refractivity contribution >= 4 is 28.9 Å². The molecule has 2 aromatic carbocycles. The van der Waals surface area contributed by atoms with Crippen LogP contribution in [0.5, 0.6) is 5.75 Å². The van der Waals surface area contributed by atoms with Crippen molar-refractivity contribution in [1.29, 1.82) is 5.26 Å². The summed E-state index contributed by atoms with van der Waals surface area (Å²) < 4.78 is 20.0. The van der Waals surface area contributed by atoms with E-state index in [-0.39, 0.29) is 22.4 Å². The van der Waals surface area contributed by atoms with Crippen LogP contribution in [0.4, 0.5) is 10.1 Å². The largest absolute Gasteiger partial charge is 0.474 e. The predicted octanol–water partition coefficient (Wildman–Crippen LogP) is 5.02. The van der Waals surface area contributed by atoms with Gasteiger partial charge in [0.25, 0.3) is 5.91 Å². The molecule has 1 amide bonds. The highest BCUT2D eigenvalue weighted by Crippen LogP contribution is 2.41. The van der Waals surface area contributed by atoms with Gasteiger partial charge in [-0.3, -0.25) is 9.69 Å². The van der Waals surface area contributed by atoms with Crippen molar-refractivity contribution in [3.05, 3.63) is 63.9 Å². The number of anilines is 1. The van der Waals surface area contributed by atoms with Gasteiger partial charge in [-0.05, 0) is 50.1 Å². The molecule has 1 aliphatic rings. The molecule has 2 aromatic rings. The van der Waals surface area contributed by atoms with E-state index in [2.05, 4.69) is 6.58 Å². The molecule has 0 N–H and O–H groups in total. The molecule has 1 atom stereocenters. The van der Waals surface area contributed by atoms with E-state index < -0.39 is 11.9 Å². The summed E-state index contributed by atoms with van der Waals surface area (Å²) in [4.78, 5) is 14.1. The monoisotopic (exact) mass is 370 g/mol. The second-order valence-electron chi connectivity index (χ2n) is 6.19. The third-order valence-corrected chi connectivity index (χ3v) is 4.67. The van der Waals surface area contributed by atoms with Gasteiger partial charge in [0, 0.05) is 17.2 Å². The van der Waals surface area contributed by atoms with E-state index in [4.69, 9.17) is 21.6 Å². The van der Waals surface area contributed by atoms with Crippen molar-refractivity contribution in [2.75, 3.05) is 4.90 Å². The Bertz CT molecular complexity index is 953. The van der Waals surface area contributed by atoms with Gasteiger partial charge in [0.2, 0.25) is 0 Å². The van der Waals surface area contributed by atoms with E-state index >= 15 is 0 Å². The quantitative estimate of drug-likeness (QED) is 0.762. The van der Waals surface area contributed by atoms with Crippen molar-refractivity contribution in [2.24, 2.45) is 0 Å². The topological polar surface area (TPSA) is 53.3 Å². The van der Waals surface area contributed by atoms with E-state index in [9.17, 15) is 9.18 Å². The van der Waals surface area contributed by atoms with Crippen molar-refractivity contribution < 1.29 is 13.9 Å². The maximum absolute atomic E-state index is 14.6. The highest BCUT2D eigenvalue weighted by Gasteiger charge is 2.34. The van der Waals surface area contributed by atoms with Crippen LogP contribution in [0.25, 0.3) is 5.70 Å². The molecule has 0 aromatic heterocycles. The minimum atomic E-state index is -0.772. The number of carbonyl (C=O) groups excluding carboxylic acids is 1. The molecule has 0 saturated heterocycles. The van der Waals surface area contributed by atoms with E-state index in [0.717, 1.165) is 17.2 Å². The molecule has 0 saturated carbocycles. The van der Waals surface area contributed by atoms with Crippen LogP contribution in [0.3, 0.4) is 0 Å². The zero-order valence-corrected chi connectivity index (χ0v) is 15.3. The molecule has 0 radical (unpaired) electrons. The fourth-order valence-corrected chi connectivity index (χ4v) is 3.04. The van der Waals surface area contributed by atoms with Gasteiger partial charge in [0.05, 0.1) is 16.4 Å². The number of rotatable bonds is 3. The summed E-state index contributed by atoms with van der Waals surface area (Å²) in [5.74, 6) is -0.919. The number of nitriles is 1. The molecular formula is C20H16ClFN2O2. The summed E-state index contributed by atoms with van der Waals surface area (Å²) in [7, 11) is 0. The first-order chi connectivity index (χ1) is 12.2. The van der Waals surface area contributed by atoms with Gasteiger partial charge in [-0.15, -0.1) is 0 Å². The van der Waals surface area contributed by atoms with Crippen LogP contribution in [-0.2, 0) is 0 Å². The van der Waals surface area contributed by atoms with Crippen LogP contribution >= 0.6 is 11.6 Å². The minimum absolute atomic E-state index is 0.0176. The van der Waals surface area contributed by atoms with Gasteiger partial charge in [-0.1, -0.05) is 18.2 Å². The maximum atomic E-state index is 14.6. The number of nitrogens with zero attached hydrogens (tertiary/aromatic N) is 2. The van der Waals surface area contributed by atoms with Crippen LogP contribution in [0.2, 0.25) is 5.02 Å². The Morgan fingerprint density at radius 3 is 2.46 bits per heavy atom. The lowest BCUT2D eigenvalue weighted by atomic mass is 10.0. The Kier molecular flexibility index (Phi) is 4.47. The number of amides is 1. The van der Waals surface area contributed by atoms with Crippen LogP contribution in [0.15, 0.2) is 30.8 Å². The summed E-state index contributed by atoms with van der Waals surface area (Å²) in [5, 5.41) is 8.93. The van der Waals surface area contributed by atoms with Crippen molar-refractivity contribution in [3.63, 3.8) is 0 Å². The summed E-state index contributed by atoms with van der Waals surface area (Å²) in [5.41, 5.74) is 3.49. The summed E-state index contributed by atoms with van der Waals surface area (Å²) in [6, 6.07) is 7.95. The number of hydrogen-bond acceptors (Lipinski definition) is 3. The highest BCUT2D eigenvalue weighted by atomic mass is 35.5. The number of hydrogen-bond donors (Lipinski definition) is 0. The Labute approximate surface area is 156 Å². The molecule has 1 unspecified atom stereocenters. The maximum Gasteiger partial charge on any atom is 0.263 e. The van der Waals surface area contributed by atoms with Crippen molar-refractivity contribution in [2.45, 2.75) is 26.9 Å². The average molecular weight is 371 g/mol. The smallest absolute Gasteiger partial charge is 0.263 e. The number of aryl methyl sites for hydroxylation is 2. The molecule has 1 aliphatic heterocycles. The standard InChI is InChI=1S/C20H16ClFN2O2/c1-10-5-14-13(4)24(20(25)15(14)6-11(10)2)18-8-19(26-12(3)9-23)16(21)7-17(18)22/h5-8,12H,4H2,1-3H3. The first kappa shape index (κ1) is 18.0. The normalized spacial score (nSPS) is 14.2. The molecule has 6 heteroatoms. The van der Waals surface area contributed by atoms with E-state index in [1.54, 1.807) is 13.0 Å². The number of halogens is 2. The zero-order chi connectivity index (χ0) is 19.2. The Morgan fingerprint density at radius 1 is 1.23 bits per heavy atom. The molecular weight excluding hydrogens is 355 g/mol. The number of carbonyl (C=O) groups is 1. The summed E-state index contributed by atoms with van der Waals surface area (Å²) in [6.07, 6.45) is -0.772. The van der Waals surface area contributed by atoms with Crippen LogP contribution in [0.1, 0.15) is 34.0 Å². The first-order valence-electron chi connectivity index (χ1n) is 7.95. The van der Waals surface area contributed by atoms with E-state index in [1.807, 2.05) is 26.0 Å². The Balaban J connectivity index is 2.10. The van der Waals surface area contributed by atoms with Gasteiger partial charge >= 0.3 is 0 Å². The number of fused-ring (bicyclic) bond motifs is 1. The number of ether oxygens (including phenoxy) is 1. The average Bonchev–Trinajstić information content (AvgIpc) is 2.82. The van der Waals surface area contributed by atoms with Gasteiger partial charge in [0.15, 0.2) is 6.10 Å². The zero-order valence-electron chi connectivity index (χ0n) is 14.6. The third kappa shape index (κ3) is 2.83. The highest BCUT2D eigenvalue weighted by molar-refractivity contribution is 6.32. The lowest BCUT2D eigenvalue weighted by molar-refractivity contribution is 0.100. The lowest BCUT2D eigenvalue weighted by Gasteiger charge is -2.20. The van der Waals surface area contributed by atoms with E-state index in [1.165, 1.54) is 11.0 Å². The van der Waals surface area contributed by atoms with Crippen LogP contribution in [-0.4, -0.2) is 12.0 Å². The van der Waals surface area contributed by atoms with Crippen LogP contribution < -0.4 is 9.64 Å². The Hall–Kier alpha value is -2.84. The molecule has 1 heterocycles. The van der Waals surface area contributed by atoms with Gasteiger partial charge in [0.1, 0.15) is 17.6 Å². The SMILES string of the molecule is C=C1c2cc(C)c(C)cc2C(=O)N1c1cc(OC(C)C#N)c(Cl)cc1F. The molecule has 0 spiro atoms. The van der Waals surface area contributed by atoms with Crippen molar-refractivity contribution in [1.82, 2.24) is 0 Å². The van der Waals surface area contributed by atoms with E-state index in [0.29, 0.717) is 16.8 Å². The molecule has 132 valence electrons.